The highest BCUT2D eigenvalue weighted by molar-refractivity contribution is 6.02. The molecule has 1 aromatic heterocycles. The standard InChI is InChI=1S/C24H25N3O2/c1-18-13-15-27(16-14-18)20-9-12-23(25-17-20)24(28)26-19-7-10-22(11-8-19)29-21-5-3-2-4-6-21/h2-12,17-18H,13-16H2,1H3,(H,26,28). The molecule has 1 aliphatic heterocycles. The molecule has 0 bridgehead atoms. The number of piperidine rings is 1. The summed E-state index contributed by atoms with van der Waals surface area (Å²) in [5, 5.41) is 2.88. The molecule has 2 aromatic carbocycles. The smallest absolute Gasteiger partial charge is 0.274 e. The number of nitrogens with one attached hydrogen (secondary N) is 1. The van der Waals surface area contributed by atoms with Gasteiger partial charge in [0.25, 0.3) is 5.91 Å². The predicted molar refractivity (Wildman–Crippen MR) is 116 cm³/mol. The van der Waals surface area contributed by atoms with Crippen LogP contribution in [0.3, 0.4) is 0 Å². The van der Waals surface area contributed by atoms with Crippen molar-refractivity contribution in [1.82, 2.24) is 4.98 Å². The van der Waals surface area contributed by atoms with Crippen LogP contribution in [0.4, 0.5) is 11.4 Å². The van der Waals surface area contributed by atoms with Crippen LogP contribution in [0, 0.1) is 5.92 Å². The monoisotopic (exact) mass is 387 g/mol. The Bertz CT molecular complexity index is 932. The maximum atomic E-state index is 12.5. The lowest BCUT2D eigenvalue weighted by Gasteiger charge is -2.31. The molecule has 5 nitrogen and oxygen atoms in total. The minimum atomic E-state index is -0.222. The van der Waals surface area contributed by atoms with E-state index in [0.29, 0.717) is 17.1 Å². The Hall–Kier alpha value is -3.34. The van der Waals surface area contributed by atoms with Crippen LogP contribution in [0.5, 0.6) is 11.5 Å². The summed E-state index contributed by atoms with van der Waals surface area (Å²) in [7, 11) is 0. The topological polar surface area (TPSA) is 54.5 Å². The number of pyridine rings is 1. The molecule has 1 aliphatic rings. The van der Waals surface area contributed by atoms with E-state index in [1.165, 1.54) is 12.8 Å². The Balaban J connectivity index is 1.35. The third kappa shape index (κ3) is 4.93. The Morgan fingerprint density at radius 3 is 2.31 bits per heavy atom. The molecule has 0 atom stereocenters. The highest BCUT2D eigenvalue weighted by Crippen LogP contribution is 2.24. The number of carbonyl (C=O) groups is 1. The summed E-state index contributed by atoms with van der Waals surface area (Å²) in [6.45, 7) is 4.39. The number of ether oxygens (including phenoxy) is 1. The quantitative estimate of drug-likeness (QED) is 0.640. The number of anilines is 2. The molecule has 5 heteroatoms. The van der Waals surface area contributed by atoms with E-state index in [1.54, 1.807) is 12.3 Å². The summed E-state index contributed by atoms with van der Waals surface area (Å²) in [6.07, 6.45) is 4.19. The number of hydrogen-bond acceptors (Lipinski definition) is 4. The predicted octanol–water partition coefficient (Wildman–Crippen LogP) is 5.36. The lowest BCUT2D eigenvalue weighted by atomic mass is 9.99. The average molecular weight is 387 g/mol. The number of amides is 1. The van der Waals surface area contributed by atoms with Gasteiger partial charge in [0.2, 0.25) is 0 Å². The molecule has 148 valence electrons. The largest absolute Gasteiger partial charge is 0.457 e. The van der Waals surface area contributed by atoms with E-state index in [2.05, 4.69) is 22.1 Å². The van der Waals surface area contributed by atoms with Crippen molar-refractivity contribution in [1.29, 1.82) is 0 Å². The second kappa shape index (κ2) is 8.78. The third-order valence-electron chi connectivity index (χ3n) is 5.22. The fraction of sp³-hybridized carbons (Fsp3) is 0.250. The molecule has 29 heavy (non-hydrogen) atoms. The first kappa shape index (κ1) is 19.0. The van der Waals surface area contributed by atoms with Gasteiger partial charge in [-0.1, -0.05) is 25.1 Å². The molecule has 0 spiro atoms. The van der Waals surface area contributed by atoms with E-state index >= 15 is 0 Å². The molecule has 4 rings (SSSR count). The van der Waals surface area contributed by atoms with Crippen LogP contribution >= 0.6 is 0 Å². The summed E-state index contributed by atoms with van der Waals surface area (Å²) in [5.41, 5.74) is 2.19. The minimum Gasteiger partial charge on any atom is -0.457 e. The van der Waals surface area contributed by atoms with E-state index in [-0.39, 0.29) is 5.91 Å². The molecule has 0 aliphatic carbocycles. The highest BCUT2D eigenvalue weighted by Gasteiger charge is 2.17. The van der Waals surface area contributed by atoms with Gasteiger partial charge in [-0.3, -0.25) is 4.79 Å². The zero-order valence-corrected chi connectivity index (χ0v) is 16.5. The molecule has 0 unspecified atom stereocenters. The fourth-order valence-corrected chi connectivity index (χ4v) is 3.40. The van der Waals surface area contributed by atoms with Crippen LogP contribution in [0.2, 0.25) is 0 Å². The molecule has 1 amide bonds. The van der Waals surface area contributed by atoms with Crippen molar-refractivity contribution in [3.8, 4) is 11.5 Å². The number of aromatic nitrogens is 1. The molecule has 0 saturated carbocycles. The maximum absolute atomic E-state index is 12.5. The number of para-hydroxylation sites is 1. The Morgan fingerprint density at radius 1 is 0.966 bits per heavy atom. The first-order valence-electron chi connectivity index (χ1n) is 10.0. The number of carbonyl (C=O) groups excluding carboxylic acids is 1. The number of nitrogens with zero attached hydrogens (tertiary/aromatic N) is 2. The van der Waals surface area contributed by atoms with Crippen molar-refractivity contribution in [2.24, 2.45) is 5.92 Å². The summed E-state index contributed by atoms with van der Waals surface area (Å²) in [6, 6.07) is 20.7. The molecule has 0 radical (unpaired) electrons. The lowest BCUT2D eigenvalue weighted by molar-refractivity contribution is 0.102. The first-order valence-corrected chi connectivity index (χ1v) is 10.0. The van der Waals surface area contributed by atoms with Crippen molar-refractivity contribution in [3.63, 3.8) is 0 Å². The normalized spacial score (nSPS) is 14.4. The van der Waals surface area contributed by atoms with Crippen LogP contribution in [-0.4, -0.2) is 24.0 Å². The summed E-state index contributed by atoms with van der Waals surface area (Å²) < 4.78 is 5.77. The fourth-order valence-electron chi connectivity index (χ4n) is 3.40. The van der Waals surface area contributed by atoms with Gasteiger partial charge in [0.15, 0.2) is 0 Å². The number of benzene rings is 2. The van der Waals surface area contributed by atoms with Gasteiger partial charge in [-0.2, -0.15) is 0 Å². The van der Waals surface area contributed by atoms with Crippen molar-refractivity contribution >= 4 is 17.3 Å². The summed E-state index contributed by atoms with van der Waals surface area (Å²) >= 11 is 0. The summed E-state index contributed by atoms with van der Waals surface area (Å²) in [4.78, 5) is 19.2. The highest BCUT2D eigenvalue weighted by atomic mass is 16.5. The lowest BCUT2D eigenvalue weighted by Crippen LogP contribution is -2.32. The Kier molecular flexibility index (Phi) is 5.75. The Labute approximate surface area is 171 Å². The van der Waals surface area contributed by atoms with Crippen LogP contribution in [0.1, 0.15) is 30.3 Å². The second-order valence-electron chi connectivity index (χ2n) is 7.46. The van der Waals surface area contributed by atoms with E-state index < -0.39 is 0 Å². The van der Waals surface area contributed by atoms with Crippen LogP contribution in [-0.2, 0) is 0 Å². The zero-order valence-electron chi connectivity index (χ0n) is 16.5. The zero-order chi connectivity index (χ0) is 20.1. The molecular formula is C24H25N3O2. The van der Waals surface area contributed by atoms with E-state index in [0.717, 1.165) is 30.4 Å². The van der Waals surface area contributed by atoms with E-state index in [1.807, 2.05) is 60.7 Å². The SMILES string of the molecule is CC1CCN(c2ccc(C(=O)Nc3ccc(Oc4ccccc4)cc3)nc2)CC1. The minimum absolute atomic E-state index is 0.222. The molecule has 3 aromatic rings. The average Bonchev–Trinajstić information content (AvgIpc) is 2.76. The Morgan fingerprint density at radius 2 is 1.66 bits per heavy atom. The van der Waals surface area contributed by atoms with Crippen molar-refractivity contribution < 1.29 is 9.53 Å². The van der Waals surface area contributed by atoms with Crippen molar-refractivity contribution in [2.45, 2.75) is 19.8 Å². The van der Waals surface area contributed by atoms with E-state index in [4.69, 9.17) is 4.74 Å². The molecule has 1 fully saturated rings. The molecule has 2 heterocycles. The van der Waals surface area contributed by atoms with Gasteiger partial charge in [0.05, 0.1) is 11.9 Å². The van der Waals surface area contributed by atoms with E-state index in [9.17, 15) is 4.79 Å². The summed E-state index contributed by atoms with van der Waals surface area (Å²) in [5.74, 6) is 2.05. The van der Waals surface area contributed by atoms with Crippen molar-refractivity contribution in [2.75, 3.05) is 23.3 Å². The van der Waals surface area contributed by atoms with Gasteiger partial charge in [0, 0.05) is 18.8 Å². The molecular weight excluding hydrogens is 362 g/mol. The van der Waals surface area contributed by atoms with Gasteiger partial charge < -0.3 is 15.0 Å². The molecule has 1 saturated heterocycles. The second-order valence-corrected chi connectivity index (χ2v) is 7.46. The number of hydrogen-bond donors (Lipinski definition) is 1. The molecule has 1 N–H and O–H groups in total. The van der Waals surface area contributed by atoms with Gasteiger partial charge in [-0.15, -0.1) is 0 Å². The third-order valence-corrected chi connectivity index (χ3v) is 5.22. The van der Waals surface area contributed by atoms with Gasteiger partial charge in [-0.05, 0) is 67.3 Å². The van der Waals surface area contributed by atoms with Gasteiger partial charge >= 0.3 is 0 Å². The van der Waals surface area contributed by atoms with Gasteiger partial charge in [0.1, 0.15) is 17.2 Å². The van der Waals surface area contributed by atoms with Crippen molar-refractivity contribution in [3.05, 3.63) is 78.6 Å². The van der Waals surface area contributed by atoms with Crippen LogP contribution in [0.25, 0.3) is 0 Å². The van der Waals surface area contributed by atoms with Crippen LogP contribution < -0.4 is 15.0 Å². The maximum Gasteiger partial charge on any atom is 0.274 e. The van der Waals surface area contributed by atoms with Gasteiger partial charge in [-0.25, -0.2) is 4.98 Å². The number of rotatable bonds is 5. The van der Waals surface area contributed by atoms with Crippen LogP contribution in [0.15, 0.2) is 72.9 Å². The first-order chi connectivity index (χ1) is 14.2.